The molecular weight excluding hydrogens is 325 g/mol. The molecule has 9 heteroatoms. The molecular formula is C15H21F3N4O2. The molecule has 0 aliphatic carbocycles. The number of fused-ring (bicyclic) bond motifs is 1. The van der Waals surface area contributed by atoms with E-state index < -0.39 is 11.9 Å². The molecule has 1 unspecified atom stereocenters. The highest BCUT2D eigenvalue weighted by atomic mass is 19.4. The third-order valence-corrected chi connectivity index (χ3v) is 4.49. The van der Waals surface area contributed by atoms with Gasteiger partial charge in [-0.25, -0.2) is 9.78 Å². The van der Waals surface area contributed by atoms with E-state index in [1.54, 1.807) is 4.57 Å². The fraction of sp³-hybridized carbons (Fsp3) is 0.733. The number of halogens is 3. The van der Waals surface area contributed by atoms with Crippen LogP contribution >= 0.6 is 0 Å². The van der Waals surface area contributed by atoms with E-state index in [1.165, 1.54) is 0 Å². The molecule has 0 aromatic carbocycles. The van der Waals surface area contributed by atoms with E-state index in [1.807, 2.05) is 0 Å². The van der Waals surface area contributed by atoms with Gasteiger partial charge in [-0.1, -0.05) is 0 Å². The summed E-state index contributed by atoms with van der Waals surface area (Å²) in [7, 11) is 0. The predicted molar refractivity (Wildman–Crippen MR) is 79.4 cm³/mol. The Morgan fingerprint density at radius 2 is 2.08 bits per heavy atom. The molecule has 3 rings (SSSR count). The normalized spacial score (nSPS) is 22.0. The van der Waals surface area contributed by atoms with Crippen LogP contribution in [0.4, 0.5) is 18.0 Å². The molecule has 6 nitrogen and oxygen atoms in total. The second-order valence-corrected chi connectivity index (χ2v) is 6.34. The molecule has 0 radical (unpaired) electrons. The molecule has 2 N–H and O–H groups in total. The summed E-state index contributed by atoms with van der Waals surface area (Å²) in [4.78, 5) is 15.6. The maximum Gasteiger partial charge on any atom is 0.434 e. The Kier molecular flexibility index (Phi) is 4.98. The van der Waals surface area contributed by atoms with Crippen molar-refractivity contribution in [3.05, 3.63) is 17.7 Å². The number of imidazole rings is 1. The van der Waals surface area contributed by atoms with E-state index in [2.05, 4.69) is 15.6 Å². The number of nitrogens with one attached hydrogen (secondary N) is 2. The number of urea groups is 1. The monoisotopic (exact) mass is 346 g/mol. The van der Waals surface area contributed by atoms with Gasteiger partial charge in [0.25, 0.3) is 0 Å². The van der Waals surface area contributed by atoms with Crippen molar-refractivity contribution in [1.29, 1.82) is 0 Å². The highest BCUT2D eigenvalue weighted by molar-refractivity contribution is 5.74. The Labute approximate surface area is 137 Å². The van der Waals surface area contributed by atoms with E-state index in [4.69, 9.17) is 4.74 Å². The van der Waals surface area contributed by atoms with Gasteiger partial charge in [0.2, 0.25) is 0 Å². The molecule has 1 fully saturated rings. The lowest BCUT2D eigenvalue weighted by atomic mass is 9.99. The summed E-state index contributed by atoms with van der Waals surface area (Å²) in [6.45, 7) is 2.18. The Balaban J connectivity index is 1.47. The van der Waals surface area contributed by atoms with Crippen LogP contribution in [0.1, 0.15) is 30.8 Å². The van der Waals surface area contributed by atoms with Crippen molar-refractivity contribution in [3.63, 3.8) is 0 Å². The fourth-order valence-corrected chi connectivity index (χ4v) is 3.13. The van der Waals surface area contributed by atoms with E-state index in [0.717, 1.165) is 19.0 Å². The first-order chi connectivity index (χ1) is 11.4. The number of aryl methyl sites for hydroxylation is 1. The molecule has 24 heavy (non-hydrogen) atoms. The second kappa shape index (κ2) is 7.00. The summed E-state index contributed by atoms with van der Waals surface area (Å²) in [5.41, 5.74) is -0.844. The highest BCUT2D eigenvalue weighted by Gasteiger charge is 2.35. The van der Waals surface area contributed by atoms with Crippen molar-refractivity contribution in [2.45, 2.75) is 44.4 Å². The zero-order valence-electron chi connectivity index (χ0n) is 13.2. The second-order valence-electron chi connectivity index (χ2n) is 6.34. The molecule has 0 bridgehead atoms. The summed E-state index contributed by atoms with van der Waals surface area (Å²) in [5, 5.41) is 5.72. The Morgan fingerprint density at radius 1 is 1.33 bits per heavy atom. The first-order valence-corrected chi connectivity index (χ1v) is 8.17. The average molecular weight is 346 g/mol. The molecule has 0 saturated carbocycles. The van der Waals surface area contributed by atoms with Gasteiger partial charge < -0.3 is 19.9 Å². The molecule has 0 spiro atoms. The fourth-order valence-electron chi connectivity index (χ4n) is 3.13. The number of nitrogens with zero attached hydrogens (tertiary/aromatic N) is 2. The van der Waals surface area contributed by atoms with E-state index in [-0.39, 0.29) is 18.0 Å². The van der Waals surface area contributed by atoms with Crippen LogP contribution in [-0.4, -0.2) is 41.4 Å². The zero-order chi connectivity index (χ0) is 17.2. The number of aromatic nitrogens is 2. The van der Waals surface area contributed by atoms with Gasteiger partial charge in [0, 0.05) is 45.0 Å². The van der Waals surface area contributed by atoms with Gasteiger partial charge in [-0.15, -0.1) is 0 Å². The van der Waals surface area contributed by atoms with Crippen LogP contribution in [0.5, 0.6) is 0 Å². The van der Waals surface area contributed by atoms with Gasteiger partial charge >= 0.3 is 12.2 Å². The average Bonchev–Trinajstić information content (AvgIpc) is 2.97. The van der Waals surface area contributed by atoms with E-state index in [9.17, 15) is 18.0 Å². The Hall–Kier alpha value is -1.77. The lowest BCUT2D eigenvalue weighted by Crippen LogP contribution is -2.46. The van der Waals surface area contributed by atoms with Gasteiger partial charge in [0.15, 0.2) is 5.69 Å². The van der Waals surface area contributed by atoms with E-state index >= 15 is 0 Å². The van der Waals surface area contributed by atoms with Gasteiger partial charge in [-0.3, -0.25) is 0 Å². The summed E-state index contributed by atoms with van der Waals surface area (Å²) in [6, 6.07) is -0.103. The maximum atomic E-state index is 12.7. The minimum absolute atomic E-state index is 0.105. The Bertz CT molecular complexity index is 582. The summed E-state index contributed by atoms with van der Waals surface area (Å²) in [6.07, 6.45) is -0.550. The number of rotatable bonds is 3. The number of hydrogen-bond acceptors (Lipinski definition) is 3. The number of hydrogen-bond donors (Lipinski definition) is 2. The minimum atomic E-state index is -4.41. The van der Waals surface area contributed by atoms with Gasteiger partial charge in [0.05, 0.1) is 0 Å². The molecule has 1 atom stereocenters. The minimum Gasteiger partial charge on any atom is -0.381 e. The van der Waals surface area contributed by atoms with Crippen LogP contribution in [0, 0.1) is 5.92 Å². The number of amides is 2. The predicted octanol–water partition coefficient (Wildman–Crippen LogP) is 1.94. The summed E-state index contributed by atoms with van der Waals surface area (Å²) in [5.74, 6) is 0.568. The van der Waals surface area contributed by atoms with Crippen molar-refractivity contribution >= 4 is 6.03 Å². The lowest BCUT2D eigenvalue weighted by Gasteiger charge is -2.26. The van der Waals surface area contributed by atoms with Gasteiger partial charge in [-0.2, -0.15) is 13.2 Å². The first-order valence-electron chi connectivity index (χ1n) is 8.17. The first kappa shape index (κ1) is 17.1. The number of alkyl halides is 3. The maximum absolute atomic E-state index is 12.7. The Morgan fingerprint density at radius 3 is 2.79 bits per heavy atom. The third-order valence-electron chi connectivity index (χ3n) is 4.49. The molecule has 2 aliphatic heterocycles. The van der Waals surface area contributed by atoms with Crippen molar-refractivity contribution < 1.29 is 22.7 Å². The van der Waals surface area contributed by atoms with Crippen LogP contribution in [0.25, 0.3) is 0 Å². The van der Waals surface area contributed by atoms with Crippen molar-refractivity contribution in [2.75, 3.05) is 19.8 Å². The standard InChI is InChI=1S/C15H21F3N4O2/c16-15(17,18)12-9-22-8-10(1-2-13(22)21-12)7-19-14(23)20-11-3-5-24-6-4-11/h9-11H,1-8H2,(H2,19,20,23). The number of carbonyl (C=O) groups is 1. The molecule has 1 aromatic heterocycles. The van der Waals surface area contributed by atoms with Crippen molar-refractivity contribution in [3.8, 4) is 0 Å². The summed E-state index contributed by atoms with van der Waals surface area (Å²) >= 11 is 0. The largest absolute Gasteiger partial charge is 0.434 e. The third kappa shape index (κ3) is 4.19. The molecule has 134 valence electrons. The molecule has 2 aliphatic rings. The lowest BCUT2D eigenvalue weighted by molar-refractivity contribution is -0.141. The SMILES string of the molecule is O=C(NCC1CCc2nc(C(F)(F)F)cn2C1)NC1CCOCC1. The molecule has 1 aromatic rings. The highest BCUT2D eigenvalue weighted by Crippen LogP contribution is 2.30. The van der Waals surface area contributed by atoms with Gasteiger partial charge in [-0.05, 0) is 25.2 Å². The van der Waals surface area contributed by atoms with Crippen LogP contribution in [0.15, 0.2) is 6.20 Å². The quantitative estimate of drug-likeness (QED) is 0.879. The van der Waals surface area contributed by atoms with Crippen LogP contribution in [0.3, 0.4) is 0 Å². The topological polar surface area (TPSA) is 68.2 Å². The summed E-state index contributed by atoms with van der Waals surface area (Å²) < 4.78 is 44.9. The van der Waals surface area contributed by atoms with Crippen molar-refractivity contribution in [2.24, 2.45) is 5.92 Å². The molecule has 2 amide bonds. The van der Waals surface area contributed by atoms with Crippen LogP contribution in [0.2, 0.25) is 0 Å². The van der Waals surface area contributed by atoms with Crippen molar-refractivity contribution in [1.82, 2.24) is 20.2 Å². The van der Waals surface area contributed by atoms with E-state index in [0.29, 0.717) is 45.0 Å². The molecule has 3 heterocycles. The number of carbonyl (C=O) groups excluding carboxylic acids is 1. The van der Waals surface area contributed by atoms with Gasteiger partial charge in [0.1, 0.15) is 5.82 Å². The number of ether oxygens (including phenoxy) is 1. The van der Waals surface area contributed by atoms with Crippen LogP contribution in [-0.2, 0) is 23.9 Å². The smallest absolute Gasteiger partial charge is 0.381 e. The van der Waals surface area contributed by atoms with Crippen LogP contribution < -0.4 is 10.6 Å². The molecule has 1 saturated heterocycles. The zero-order valence-corrected chi connectivity index (χ0v) is 13.2.